The van der Waals surface area contributed by atoms with Gasteiger partial charge in [-0.05, 0) is 64.1 Å². The Kier molecular flexibility index (Phi) is 6.72. The molecule has 1 heterocycles. The van der Waals surface area contributed by atoms with Crippen LogP contribution >= 0.6 is 0 Å². The first-order valence-electron chi connectivity index (χ1n) is 8.79. The molecule has 138 valence electrons. The molecule has 2 rings (SSSR count). The Hall–Kier alpha value is -2.89. The van der Waals surface area contributed by atoms with Crippen molar-refractivity contribution in [3.8, 4) is 5.75 Å². The molecule has 1 aromatic heterocycles. The Bertz CT molecular complexity index is 753. The quantitative estimate of drug-likeness (QED) is 0.824. The van der Waals surface area contributed by atoms with E-state index in [1.165, 1.54) is 0 Å². The highest BCUT2D eigenvalue weighted by Crippen LogP contribution is 2.17. The molecule has 0 aliphatic rings. The Morgan fingerprint density at radius 3 is 2.23 bits per heavy atom. The fourth-order valence-electron chi connectivity index (χ4n) is 2.44. The topological polar surface area (TPSA) is 71.5 Å². The first-order chi connectivity index (χ1) is 12.4. The van der Waals surface area contributed by atoms with Crippen molar-refractivity contribution in [3.05, 3.63) is 53.9 Å². The minimum Gasteiger partial charge on any atom is -0.491 e. The van der Waals surface area contributed by atoms with Gasteiger partial charge in [0.15, 0.2) is 0 Å². The summed E-state index contributed by atoms with van der Waals surface area (Å²) in [7, 11) is 0. The summed E-state index contributed by atoms with van der Waals surface area (Å²) in [5.74, 6) is 0.194. The number of carbonyl (C=O) groups excluding carboxylic acids is 2. The van der Waals surface area contributed by atoms with Crippen LogP contribution in [0.3, 0.4) is 0 Å². The smallest absolute Gasteiger partial charge is 0.274 e. The molecule has 0 saturated carbocycles. The van der Waals surface area contributed by atoms with E-state index in [1.54, 1.807) is 47.4 Å². The summed E-state index contributed by atoms with van der Waals surface area (Å²) in [6.07, 6.45) is 0.0886. The fourth-order valence-corrected chi connectivity index (χ4v) is 2.44. The molecule has 0 unspecified atom stereocenters. The zero-order valence-corrected chi connectivity index (χ0v) is 15.7. The molecule has 6 heteroatoms. The van der Waals surface area contributed by atoms with Gasteiger partial charge in [-0.25, -0.2) is 4.98 Å². The number of nitrogens with zero attached hydrogens (tertiary/aromatic N) is 2. The van der Waals surface area contributed by atoms with E-state index in [0.29, 0.717) is 18.8 Å². The van der Waals surface area contributed by atoms with Crippen molar-refractivity contribution in [2.24, 2.45) is 0 Å². The second-order valence-corrected chi connectivity index (χ2v) is 6.03. The molecule has 2 amide bonds. The van der Waals surface area contributed by atoms with Crippen LogP contribution in [0.5, 0.6) is 5.75 Å². The molecule has 0 aliphatic carbocycles. The summed E-state index contributed by atoms with van der Waals surface area (Å²) in [6, 6.07) is 12.0. The summed E-state index contributed by atoms with van der Waals surface area (Å²) in [5.41, 5.74) is 1.10. The number of carbonyl (C=O) groups is 2. The molecule has 0 atom stereocenters. The third kappa shape index (κ3) is 5.05. The summed E-state index contributed by atoms with van der Waals surface area (Å²) >= 11 is 0. The van der Waals surface area contributed by atoms with E-state index in [1.807, 2.05) is 27.7 Å². The van der Waals surface area contributed by atoms with Crippen molar-refractivity contribution in [2.45, 2.75) is 33.8 Å². The van der Waals surface area contributed by atoms with Gasteiger partial charge >= 0.3 is 0 Å². The van der Waals surface area contributed by atoms with Crippen LogP contribution in [0.1, 0.15) is 48.7 Å². The highest BCUT2D eigenvalue weighted by atomic mass is 16.5. The van der Waals surface area contributed by atoms with E-state index in [0.717, 1.165) is 5.75 Å². The molecule has 0 radical (unpaired) electrons. The van der Waals surface area contributed by atoms with E-state index in [4.69, 9.17) is 4.74 Å². The van der Waals surface area contributed by atoms with Gasteiger partial charge in [-0.2, -0.15) is 0 Å². The predicted molar refractivity (Wildman–Crippen MR) is 102 cm³/mol. The molecule has 0 bridgehead atoms. The van der Waals surface area contributed by atoms with Gasteiger partial charge in [0.2, 0.25) is 0 Å². The van der Waals surface area contributed by atoms with Crippen molar-refractivity contribution >= 4 is 17.5 Å². The van der Waals surface area contributed by atoms with Crippen LogP contribution in [0, 0.1) is 0 Å². The van der Waals surface area contributed by atoms with Gasteiger partial charge in [0.25, 0.3) is 11.8 Å². The highest BCUT2D eigenvalue weighted by molar-refractivity contribution is 6.03. The maximum absolute atomic E-state index is 12.4. The van der Waals surface area contributed by atoms with E-state index in [-0.39, 0.29) is 29.3 Å². The molecular formula is C20H25N3O3. The van der Waals surface area contributed by atoms with Crippen molar-refractivity contribution in [1.29, 1.82) is 0 Å². The standard InChI is InChI=1S/C20H25N3O3/c1-5-23(6-2)20(25)18-9-7-8-17(22-18)19(24)21-15-10-12-16(13-11-15)26-14(3)4/h7-14H,5-6H2,1-4H3,(H,21,24). The van der Waals surface area contributed by atoms with Crippen LogP contribution in [0.4, 0.5) is 5.69 Å². The van der Waals surface area contributed by atoms with Crippen molar-refractivity contribution in [2.75, 3.05) is 18.4 Å². The monoisotopic (exact) mass is 355 g/mol. The van der Waals surface area contributed by atoms with Gasteiger partial charge in [0.05, 0.1) is 6.10 Å². The van der Waals surface area contributed by atoms with Crippen LogP contribution in [0.15, 0.2) is 42.5 Å². The van der Waals surface area contributed by atoms with Crippen LogP contribution in [0.25, 0.3) is 0 Å². The second kappa shape index (κ2) is 8.99. The number of hydrogen-bond acceptors (Lipinski definition) is 4. The van der Waals surface area contributed by atoms with Crippen molar-refractivity contribution in [3.63, 3.8) is 0 Å². The first-order valence-corrected chi connectivity index (χ1v) is 8.79. The van der Waals surface area contributed by atoms with Crippen LogP contribution in [0.2, 0.25) is 0 Å². The maximum Gasteiger partial charge on any atom is 0.274 e. The zero-order valence-electron chi connectivity index (χ0n) is 15.7. The number of amides is 2. The normalized spacial score (nSPS) is 10.5. The molecule has 0 saturated heterocycles. The molecule has 26 heavy (non-hydrogen) atoms. The van der Waals surface area contributed by atoms with Crippen LogP contribution < -0.4 is 10.1 Å². The summed E-state index contributed by atoms with van der Waals surface area (Å²) in [4.78, 5) is 30.7. The number of hydrogen-bond donors (Lipinski definition) is 1. The molecule has 0 spiro atoms. The molecule has 0 aliphatic heterocycles. The minimum absolute atomic E-state index is 0.0886. The van der Waals surface area contributed by atoms with Gasteiger partial charge in [-0.15, -0.1) is 0 Å². The number of benzene rings is 1. The van der Waals surface area contributed by atoms with Gasteiger partial charge in [0, 0.05) is 18.8 Å². The third-order valence-electron chi connectivity index (χ3n) is 3.74. The highest BCUT2D eigenvalue weighted by Gasteiger charge is 2.16. The largest absolute Gasteiger partial charge is 0.491 e. The van der Waals surface area contributed by atoms with Crippen LogP contribution in [-0.4, -0.2) is 40.9 Å². The maximum atomic E-state index is 12.4. The molecular weight excluding hydrogens is 330 g/mol. The SMILES string of the molecule is CCN(CC)C(=O)c1cccc(C(=O)Nc2ccc(OC(C)C)cc2)n1. The average molecular weight is 355 g/mol. The Morgan fingerprint density at radius 2 is 1.65 bits per heavy atom. The van der Waals surface area contributed by atoms with E-state index in [9.17, 15) is 9.59 Å². The number of rotatable bonds is 7. The summed E-state index contributed by atoms with van der Waals surface area (Å²) in [6.45, 7) is 8.91. The van der Waals surface area contributed by atoms with Gasteiger partial charge in [-0.1, -0.05) is 6.07 Å². The van der Waals surface area contributed by atoms with E-state index < -0.39 is 0 Å². The van der Waals surface area contributed by atoms with Crippen molar-refractivity contribution < 1.29 is 14.3 Å². The Balaban J connectivity index is 2.10. The number of nitrogens with one attached hydrogen (secondary N) is 1. The number of ether oxygens (including phenoxy) is 1. The van der Waals surface area contributed by atoms with E-state index in [2.05, 4.69) is 10.3 Å². The first kappa shape index (κ1) is 19.4. The Morgan fingerprint density at radius 1 is 1.04 bits per heavy atom. The number of pyridine rings is 1. The lowest BCUT2D eigenvalue weighted by atomic mass is 10.2. The van der Waals surface area contributed by atoms with Gasteiger partial charge in [0.1, 0.15) is 17.1 Å². The third-order valence-corrected chi connectivity index (χ3v) is 3.74. The number of aromatic nitrogens is 1. The molecule has 2 aromatic rings. The minimum atomic E-state index is -0.364. The van der Waals surface area contributed by atoms with Gasteiger partial charge in [-0.3, -0.25) is 9.59 Å². The van der Waals surface area contributed by atoms with Gasteiger partial charge < -0.3 is 15.0 Å². The molecule has 1 N–H and O–H groups in total. The molecule has 1 aromatic carbocycles. The average Bonchev–Trinajstić information content (AvgIpc) is 2.64. The molecule has 6 nitrogen and oxygen atoms in total. The predicted octanol–water partition coefficient (Wildman–Crippen LogP) is 3.60. The van der Waals surface area contributed by atoms with E-state index >= 15 is 0 Å². The van der Waals surface area contributed by atoms with Crippen LogP contribution in [-0.2, 0) is 0 Å². The fraction of sp³-hybridized carbons (Fsp3) is 0.350. The Labute approximate surface area is 154 Å². The van der Waals surface area contributed by atoms with Crippen molar-refractivity contribution in [1.82, 2.24) is 9.88 Å². The molecule has 0 fully saturated rings. The summed E-state index contributed by atoms with van der Waals surface area (Å²) in [5, 5.41) is 2.78. The lowest BCUT2D eigenvalue weighted by Gasteiger charge is -2.18. The second-order valence-electron chi connectivity index (χ2n) is 6.03. The summed E-state index contributed by atoms with van der Waals surface area (Å²) < 4.78 is 5.58. The lowest BCUT2D eigenvalue weighted by Crippen LogP contribution is -2.31. The lowest BCUT2D eigenvalue weighted by molar-refractivity contribution is 0.0767. The number of anilines is 1. The zero-order chi connectivity index (χ0) is 19.1.